The average Bonchev–Trinajstić information content (AvgIpc) is 2.40. The molecule has 1 aromatic carbocycles. The number of hydrogen-bond acceptors (Lipinski definition) is 2. The third-order valence-electron chi connectivity index (χ3n) is 3.77. The number of nitrogens with one attached hydrogen (secondary N) is 1. The van der Waals surface area contributed by atoms with Crippen molar-refractivity contribution in [3.8, 4) is 5.75 Å². The lowest BCUT2D eigenvalue weighted by molar-refractivity contribution is -0.122. The summed E-state index contributed by atoms with van der Waals surface area (Å²) in [6.07, 6.45) is 4.28. The molecule has 0 aliphatic heterocycles. The van der Waals surface area contributed by atoms with Crippen LogP contribution in [0.1, 0.15) is 32.6 Å². The van der Waals surface area contributed by atoms with E-state index >= 15 is 0 Å². The van der Waals surface area contributed by atoms with Gasteiger partial charge in [0.05, 0.1) is 10.7 Å². The van der Waals surface area contributed by atoms with Gasteiger partial charge in [0.25, 0.3) is 0 Å². The standard InChI is InChI=1S/C14H17Cl2NO2/c1-8-4-2-3-5-9(8)14(19)17-10-6-7-11(18)13(16)12(10)15/h6-9,18H,2-5H2,1H3,(H,17,19). The average molecular weight is 302 g/mol. The Balaban J connectivity index is 2.12. The molecule has 0 saturated heterocycles. The van der Waals surface area contributed by atoms with Crippen LogP contribution in [-0.2, 0) is 4.79 Å². The molecule has 1 aromatic rings. The highest BCUT2D eigenvalue weighted by atomic mass is 35.5. The molecule has 19 heavy (non-hydrogen) atoms. The summed E-state index contributed by atoms with van der Waals surface area (Å²) in [5.74, 6) is 0.309. The van der Waals surface area contributed by atoms with Crippen molar-refractivity contribution in [2.24, 2.45) is 11.8 Å². The molecule has 1 fully saturated rings. The first-order valence-electron chi connectivity index (χ1n) is 6.48. The topological polar surface area (TPSA) is 49.3 Å². The predicted octanol–water partition coefficient (Wildman–Crippen LogP) is 4.46. The van der Waals surface area contributed by atoms with Crippen molar-refractivity contribution < 1.29 is 9.90 Å². The van der Waals surface area contributed by atoms with Gasteiger partial charge in [0.15, 0.2) is 0 Å². The van der Waals surface area contributed by atoms with Crippen LogP contribution in [0.3, 0.4) is 0 Å². The van der Waals surface area contributed by atoms with E-state index in [-0.39, 0.29) is 27.6 Å². The number of carbonyl (C=O) groups is 1. The van der Waals surface area contributed by atoms with Crippen molar-refractivity contribution in [2.75, 3.05) is 5.32 Å². The summed E-state index contributed by atoms with van der Waals surface area (Å²) in [4.78, 5) is 12.3. The van der Waals surface area contributed by atoms with Crippen molar-refractivity contribution in [1.82, 2.24) is 0 Å². The summed E-state index contributed by atoms with van der Waals surface area (Å²) in [5, 5.41) is 12.5. The summed E-state index contributed by atoms with van der Waals surface area (Å²) >= 11 is 11.9. The van der Waals surface area contributed by atoms with Crippen LogP contribution in [0.15, 0.2) is 12.1 Å². The quantitative estimate of drug-likeness (QED) is 0.792. The monoisotopic (exact) mass is 301 g/mol. The maximum atomic E-state index is 12.3. The van der Waals surface area contributed by atoms with Gasteiger partial charge in [-0.05, 0) is 30.9 Å². The number of anilines is 1. The molecule has 0 aromatic heterocycles. The molecule has 0 heterocycles. The molecule has 1 saturated carbocycles. The van der Waals surface area contributed by atoms with E-state index in [0.29, 0.717) is 11.6 Å². The molecule has 2 rings (SSSR count). The Morgan fingerprint density at radius 3 is 2.63 bits per heavy atom. The molecule has 5 heteroatoms. The van der Waals surface area contributed by atoms with Crippen molar-refractivity contribution in [1.29, 1.82) is 0 Å². The fourth-order valence-corrected chi connectivity index (χ4v) is 2.94. The molecule has 1 aliphatic rings. The molecule has 1 aliphatic carbocycles. The van der Waals surface area contributed by atoms with E-state index in [1.54, 1.807) is 6.07 Å². The number of hydrogen-bond donors (Lipinski definition) is 2. The first-order valence-corrected chi connectivity index (χ1v) is 7.24. The van der Waals surface area contributed by atoms with Crippen LogP contribution < -0.4 is 5.32 Å². The second-order valence-electron chi connectivity index (χ2n) is 5.12. The summed E-state index contributed by atoms with van der Waals surface area (Å²) in [6.45, 7) is 2.11. The Morgan fingerprint density at radius 1 is 1.26 bits per heavy atom. The second-order valence-corrected chi connectivity index (χ2v) is 5.87. The Hall–Kier alpha value is -0.930. The molecule has 0 spiro atoms. The first kappa shape index (κ1) is 14.5. The number of phenols is 1. The summed E-state index contributed by atoms with van der Waals surface area (Å²) in [7, 11) is 0. The van der Waals surface area contributed by atoms with Gasteiger partial charge in [-0.3, -0.25) is 4.79 Å². The fraction of sp³-hybridized carbons (Fsp3) is 0.500. The third-order valence-corrected chi connectivity index (χ3v) is 4.64. The van der Waals surface area contributed by atoms with E-state index in [9.17, 15) is 9.90 Å². The highest BCUT2D eigenvalue weighted by Gasteiger charge is 2.28. The summed E-state index contributed by atoms with van der Waals surface area (Å²) < 4.78 is 0. The molecule has 1 amide bonds. The van der Waals surface area contributed by atoms with E-state index in [0.717, 1.165) is 19.3 Å². The third kappa shape index (κ3) is 3.15. The van der Waals surface area contributed by atoms with Gasteiger partial charge in [-0.2, -0.15) is 0 Å². The number of phenolic OH excluding ortho intramolecular Hbond substituents is 1. The number of benzene rings is 1. The normalized spacial score (nSPS) is 23.1. The van der Waals surface area contributed by atoms with Crippen LogP contribution in [0.4, 0.5) is 5.69 Å². The molecular formula is C14H17Cl2NO2. The Morgan fingerprint density at radius 2 is 1.95 bits per heavy atom. The number of carbonyl (C=O) groups excluding carboxylic acids is 1. The van der Waals surface area contributed by atoms with Gasteiger partial charge in [0.1, 0.15) is 10.8 Å². The van der Waals surface area contributed by atoms with Gasteiger partial charge >= 0.3 is 0 Å². The lowest BCUT2D eigenvalue weighted by Gasteiger charge is -2.27. The Kier molecular flexibility index (Phi) is 4.58. The Bertz CT molecular complexity index is 491. The fourth-order valence-electron chi connectivity index (χ4n) is 2.57. The second kappa shape index (κ2) is 6.02. The molecule has 104 valence electrons. The van der Waals surface area contributed by atoms with Crippen LogP contribution in [0.25, 0.3) is 0 Å². The van der Waals surface area contributed by atoms with Crippen LogP contribution >= 0.6 is 23.2 Å². The van der Waals surface area contributed by atoms with E-state index in [4.69, 9.17) is 23.2 Å². The number of rotatable bonds is 2. The largest absolute Gasteiger partial charge is 0.506 e. The minimum Gasteiger partial charge on any atom is -0.506 e. The first-order chi connectivity index (χ1) is 9.00. The van der Waals surface area contributed by atoms with Crippen LogP contribution in [0.5, 0.6) is 5.75 Å². The van der Waals surface area contributed by atoms with Gasteiger partial charge in [0, 0.05) is 5.92 Å². The van der Waals surface area contributed by atoms with Crippen molar-refractivity contribution in [3.05, 3.63) is 22.2 Å². The number of halogens is 2. The van der Waals surface area contributed by atoms with Crippen molar-refractivity contribution in [2.45, 2.75) is 32.6 Å². The van der Waals surface area contributed by atoms with Crippen molar-refractivity contribution in [3.63, 3.8) is 0 Å². The van der Waals surface area contributed by atoms with Crippen molar-refractivity contribution >= 4 is 34.8 Å². The van der Waals surface area contributed by atoms with E-state index in [1.165, 1.54) is 12.5 Å². The molecule has 3 nitrogen and oxygen atoms in total. The highest BCUT2D eigenvalue weighted by Crippen LogP contribution is 2.37. The van der Waals surface area contributed by atoms with E-state index in [1.807, 2.05) is 0 Å². The molecule has 0 bridgehead atoms. The number of aromatic hydroxyl groups is 1. The zero-order valence-corrected chi connectivity index (χ0v) is 12.3. The maximum absolute atomic E-state index is 12.3. The number of amides is 1. The highest BCUT2D eigenvalue weighted by molar-refractivity contribution is 6.44. The zero-order chi connectivity index (χ0) is 14.0. The van der Waals surface area contributed by atoms with Gasteiger partial charge in [-0.1, -0.05) is 43.0 Å². The molecule has 2 atom stereocenters. The van der Waals surface area contributed by atoms with Gasteiger partial charge in [0.2, 0.25) is 5.91 Å². The predicted molar refractivity (Wildman–Crippen MR) is 77.9 cm³/mol. The van der Waals surface area contributed by atoms with Crippen LogP contribution in [0, 0.1) is 11.8 Å². The Labute approximate surface area is 122 Å². The van der Waals surface area contributed by atoms with Gasteiger partial charge in [-0.15, -0.1) is 0 Å². The molecule has 0 radical (unpaired) electrons. The molecular weight excluding hydrogens is 285 g/mol. The zero-order valence-electron chi connectivity index (χ0n) is 10.7. The minimum absolute atomic E-state index is 0.0177. The summed E-state index contributed by atoms with van der Waals surface area (Å²) in [5.41, 5.74) is 0.451. The maximum Gasteiger partial charge on any atom is 0.227 e. The SMILES string of the molecule is CC1CCCCC1C(=O)Nc1ccc(O)c(Cl)c1Cl. The lowest BCUT2D eigenvalue weighted by Crippen LogP contribution is -2.30. The van der Waals surface area contributed by atoms with Crippen LogP contribution in [-0.4, -0.2) is 11.0 Å². The molecule has 2 N–H and O–H groups in total. The van der Waals surface area contributed by atoms with Gasteiger partial charge < -0.3 is 10.4 Å². The lowest BCUT2D eigenvalue weighted by atomic mass is 9.80. The summed E-state index contributed by atoms with van der Waals surface area (Å²) in [6, 6.07) is 2.99. The smallest absolute Gasteiger partial charge is 0.227 e. The van der Waals surface area contributed by atoms with E-state index in [2.05, 4.69) is 12.2 Å². The minimum atomic E-state index is -0.0873. The van der Waals surface area contributed by atoms with Crippen LogP contribution in [0.2, 0.25) is 10.0 Å². The van der Waals surface area contributed by atoms with Gasteiger partial charge in [-0.25, -0.2) is 0 Å². The van der Waals surface area contributed by atoms with E-state index < -0.39 is 0 Å². The molecule has 2 unspecified atom stereocenters.